The third kappa shape index (κ3) is 5.88. The highest BCUT2D eigenvalue weighted by molar-refractivity contribution is 7.21. The number of methoxy groups -OCH3 is 1. The van der Waals surface area contributed by atoms with E-state index in [1.165, 1.54) is 58.4 Å². The summed E-state index contributed by atoms with van der Waals surface area (Å²) in [5.41, 5.74) is -1.58. The lowest BCUT2D eigenvalue weighted by Crippen LogP contribution is -2.53. The molecular weight excluding hydrogens is 601 g/mol. The van der Waals surface area contributed by atoms with Gasteiger partial charge in [-0.25, -0.2) is 13.8 Å². The number of nitrogens with zero attached hydrogens (tertiary/aromatic N) is 5. The summed E-state index contributed by atoms with van der Waals surface area (Å²) in [5.74, 6) is 0.0268. The average Bonchev–Trinajstić information content (AvgIpc) is 3.65. The molecule has 0 spiro atoms. The van der Waals surface area contributed by atoms with Gasteiger partial charge >= 0.3 is 5.69 Å². The van der Waals surface area contributed by atoms with Crippen molar-refractivity contribution in [3.8, 4) is 10.8 Å². The van der Waals surface area contributed by atoms with E-state index in [9.17, 15) is 18.8 Å². The van der Waals surface area contributed by atoms with Crippen molar-refractivity contribution < 1.29 is 23.4 Å². The lowest BCUT2D eigenvalue weighted by molar-refractivity contribution is -0.128. The normalized spacial score (nSPS) is 17.0. The molecule has 6 rings (SSSR count). The molecule has 0 N–H and O–H groups in total. The molecule has 4 heterocycles. The zero-order chi connectivity index (χ0) is 31.9. The Balaban J connectivity index is 1.55. The first-order valence-corrected chi connectivity index (χ1v) is 16.2. The van der Waals surface area contributed by atoms with Gasteiger partial charge in [0.15, 0.2) is 5.78 Å². The molecule has 2 aliphatic rings. The van der Waals surface area contributed by atoms with Gasteiger partial charge in [-0.05, 0) is 57.7 Å². The van der Waals surface area contributed by atoms with Crippen LogP contribution in [-0.2, 0) is 26.4 Å². The number of carbonyl (C=O) groups is 1. The zero-order valence-corrected chi connectivity index (χ0v) is 26.8. The highest BCUT2D eigenvalue weighted by Gasteiger charge is 2.38. The third-order valence-corrected chi connectivity index (χ3v) is 10.4. The van der Waals surface area contributed by atoms with Gasteiger partial charge in [-0.2, -0.15) is 10.2 Å². The fraction of sp³-hybridized carbons (Fsp3) is 0.531. The van der Waals surface area contributed by atoms with E-state index in [4.69, 9.17) is 14.2 Å². The van der Waals surface area contributed by atoms with Gasteiger partial charge in [0.25, 0.3) is 5.56 Å². The topological polar surface area (TPSA) is 119 Å². The van der Waals surface area contributed by atoms with E-state index in [0.29, 0.717) is 64.6 Å². The minimum absolute atomic E-state index is 0.0639. The second-order valence-corrected chi connectivity index (χ2v) is 13.3. The summed E-state index contributed by atoms with van der Waals surface area (Å²) >= 11 is 1.21. The first kappa shape index (κ1) is 31.3. The van der Waals surface area contributed by atoms with E-state index < -0.39 is 28.7 Å². The van der Waals surface area contributed by atoms with E-state index in [1.807, 2.05) is 0 Å². The van der Waals surface area contributed by atoms with Crippen LogP contribution < -0.4 is 16.0 Å². The molecule has 45 heavy (non-hydrogen) atoms. The van der Waals surface area contributed by atoms with Gasteiger partial charge in [0.1, 0.15) is 33.0 Å². The van der Waals surface area contributed by atoms with Crippen LogP contribution in [0.5, 0.6) is 5.75 Å². The quantitative estimate of drug-likeness (QED) is 0.232. The van der Waals surface area contributed by atoms with Gasteiger partial charge < -0.3 is 14.2 Å². The van der Waals surface area contributed by atoms with Gasteiger partial charge in [-0.3, -0.25) is 14.2 Å². The lowest BCUT2D eigenvalue weighted by Gasteiger charge is -2.32. The number of halogens is 1. The van der Waals surface area contributed by atoms with Crippen LogP contribution in [0.4, 0.5) is 4.39 Å². The molecule has 1 atom stereocenters. The van der Waals surface area contributed by atoms with Crippen molar-refractivity contribution in [3.05, 3.63) is 68.4 Å². The van der Waals surface area contributed by atoms with E-state index in [2.05, 4.69) is 10.2 Å². The number of carbonyl (C=O) groups excluding carboxylic acids is 1. The van der Waals surface area contributed by atoms with Gasteiger partial charge in [-0.1, -0.05) is 30.6 Å². The number of ketones is 1. The monoisotopic (exact) mass is 639 g/mol. The minimum Gasteiger partial charge on any atom is -0.496 e. The van der Waals surface area contributed by atoms with Crippen molar-refractivity contribution in [3.63, 3.8) is 0 Å². The maximum absolute atomic E-state index is 14.7. The fourth-order valence-corrected chi connectivity index (χ4v) is 7.43. The second kappa shape index (κ2) is 12.6. The van der Waals surface area contributed by atoms with Crippen molar-refractivity contribution in [2.24, 2.45) is 5.92 Å². The molecule has 0 bridgehead atoms. The summed E-state index contributed by atoms with van der Waals surface area (Å²) in [6.07, 6.45) is 6.61. The van der Waals surface area contributed by atoms with Crippen molar-refractivity contribution in [2.75, 3.05) is 20.3 Å². The molecule has 3 aromatic heterocycles. The van der Waals surface area contributed by atoms with Crippen LogP contribution in [-0.4, -0.2) is 56.3 Å². The Bertz CT molecular complexity index is 1820. The average molecular weight is 640 g/mol. The molecule has 1 saturated carbocycles. The van der Waals surface area contributed by atoms with Crippen LogP contribution in [0.15, 0.2) is 40.2 Å². The highest BCUT2D eigenvalue weighted by Crippen LogP contribution is 2.36. The van der Waals surface area contributed by atoms with E-state index in [0.717, 1.165) is 23.8 Å². The third-order valence-electron chi connectivity index (χ3n) is 9.14. The smallest absolute Gasteiger partial charge is 0.333 e. The van der Waals surface area contributed by atoms with Gasteiger partial charge in [-0.15, -0.1) is 4.80 Å². The summed E-state index contributed by atoms with van der Waals surface area (Å²) in [6, 6.07) is 4.19. The van der Waals surface area contributed by atoms with Crippen molar-refractivity contribution >= 4 is 27.3 Å². The van der Waals surface area contributed by atoms with Crippen LogP contribution in [0.3, 0.4) is 0 Å². The predicted molar refractivity (Wildman–Crippen MR) is 167 cm³/mol. The van der Waals surface area contributed by atoms with E-state index in [1.54, 1.807) is 20.8 Å². The summed E-state index contributed by atoms with van der Waals surface area (Å²) in [7, 11) is 1.50. The molecule has 2 fully saturated rings. The molecule has 1 saturated heterocycles. The molecular formula is C32H38FN5O6S. The largest absolute Gasteiger partial charge is 0.496 e. The number of fused-ring (bicyclic) bond motifs is 1. The Morgan fingerprint density at radius 1 is 1.16 bits per heavy atom. The Kier molecular flexibility index (Phi) is 8.77. The van der Waals surface area contributed by atoms with Crippen molar-refractivity contribution in [1.82, 2.24) is 24.1 Å². The molecule has 240 valence electrons. The molecule has 0 unspecified atom stereocenters. The number of hydrogen-bond donors (Lipinski definition) is 0. The molecule has 1 aliphatic heterocycles. The molecule has 11 nitrogen and oxygen atoms in total. The molecule has 4 aromatic rings. The maximum Gasteiger partial charge on any atom is 0.333 e. The zero-order valence-electron chi connectivity index (χ0n) is 26.0. The van der Waals surface area contributed by atoms with Gasteiger partial charge in [0.05, 0.1) is 37.5 Å². The predicted octanol–water partition coefficient (Wildman–Crippen LogP) is 4.69. The second-order valence-electron chi connectivity index (χ2n) is 12.4. The number of hydrogen-bond acceptors (Lipinski definition) is 9. The number of Topliss-reactive ketones (excluding diaryl/α,β-unsaturated/α-hetero) is 1. The Morgan fingerprint density at radius 3 is 2.51 bits per heavy atom. The van der Waals surface area contributed by atoms with Crippen LogP contribution in [0.2, 0.25) is 0 Å². The highest BCUT2D eigenvalue weighted by atomic mass is 32.1. The van der Waals surface area contributed by atoms with Crippen LogP contribution >= 0.6 is 11.3 Å². The maximum atomic E-state index is 14.7. The van der Waals surface area contributed by atoms with Crippen LogP contribution in [0.1, 0.15) is 69.6 Å². The summed E-state index contributed by atoms with van der Waals surface area (Å²) in [6.45, 7) is 6.04. The molecule has 0 amide bonds. The lowest BCUT2D eigenvalue weighted by atomic mass is 9.79. The number of aryl methyl sites for hydroxylation is 1. The number of rotatable bonds is 11. The van der Waals surface area contributed by atoms with Crippen molar-refractivity contribution in [2.45, 2.75) is 83.6 Å². The summed E-state index contributed by atoms with van der Waals surface area (Å²) in [5, 5.41) is 9.39. The molecule has 0 radical (unpaired) electrons. The Hall–Kier alpha value is -3.68. The number of aromatic nitrogens is 5. The van der Waals surface area contributed by atoms with E-state index in [-0.39, 0.29) is 24.3 Å². The molecule has 1 aliphatic carbocycles. The number of thiophene rings is 1. The molecule has 13 heteroatoms. The summed E-state index contributed by atoms with van der Waals surface area (Å²) < 4.78 is 35.0. The van der Waals surface area contributed by atoms with Crippen LogP contribution in [0, 0.1) is 18.7 Å². The van der Waals surface area contributed by atoms with Crippen LogP contribution in [0.25, 0.3) is 15.2 Å². The summed E-state index contributed by atoms with van der Waals surface area (Å²) in [4.78, 5) is 44.4. The SMILES string of the molecule is COc1ccc(F)cc1[C@H](Cn1c(=O)n(C(C)(C)C(=O)CC2CCC2)c(=O)c2c(C)c(-n3nccn3)sc21)OC1CCOCC1. The number of benzene rings is 1. The van der Waals surface area contributed by atoms with Gasteiger partial charge in [0.2, 0.25) is 0 Å². The number of ether oxygens (including phenoxy) is 3. The van der Waals surface area contributed by atoms with E-state index >= 15 is 0 Å². The first-order chi connectivity index (χ1) is 21.6. The minimum atomic E-state index is -1.41. The van der Waals surface area contributed by atoms with Gasteiger partial charge in [0, 0.05) is 30.8 Å². The first-order valence-electron chi connectivity index (χ1n) is 15.4. The fourth-order valence-electron chi connectivity index (χ4n) is 6.22. The van der Waals surface area contributed by atoms with Crippen molar-refractivity contribution in [1.29, 1.82) is 0 Å². The Morgan fingerprint density at radius 2 is 1.87 bits per heavy atom. The Labute approximate surface area is 263 Å². The molecule has 1 aromatic carbocycles. The standard InChI is InChI=1S/C32H38FN5O6S/c1-19-27-28(40)37(32(2,3)26(39)16-20-6-5-7-20)31(41)36(30(27)45-29(19)38-34-12-13-35-38)18-25(44-22-10-14-43-15-11-22)23-17-21(33)8-9-24(23)42-4/h8-9,12-13,17,20,22,25H,5-7,10-11,14-16,18H2,1-4H3/t25-/m0/s1.